The summed E-state index contributed by atoms with van der Waals surface area (Å²) in [7, 11) is 0. The number of nitrogens with zero attached hydrogens (tertiary/aromatic N) is 3. The summed E-state index contributed by atoms with van der Waals surface area (Å²) < 4.78 is 3.92. The molecule has 1 N–H and O–H groups in total. The van der Waals surface area contributed by atoms with Crippen LogP contribution in [0.1, 0.15) is 48.0 Å². The van der Waals surface area contributed by atoms with Gasteiger partial charge in [0.15, 0.2) is 0 Å². The van der Waals surface area contributed by atoms with E-state index >= 15 is 0 Å². The molecule has 1 aromatic heterocycles. The van der Waals surface area contributed by atoms with E-state index in [2.05, 4.69) is 9.59 Å². The Morgan fingerprint density at radius 3 is 2.89 bits per heavy atom. The van der Waals surface area contributed by atoms with E-state index in [-0.39, 0.29) is 23.8 Å². The Labute approximate surface area is 116 Å². The number of aliphatic hydroxyl groups is 1. The Balaban J connectivity index is 1.77. The van der Waals surface area contributed by atoms with Gasteiger partial charge >= 0.3 is 0 Å². The largest absolute Gasteiger partial charge is 0.393 e. The van der Waals surface area contributed by atoms with Crippen LogP contribution in [0.5, 0.6) is 0 Å². The number of likely N-dealkylation sites (tertiary alicyclic amines) is 1. The van der Waals surface area contributed by atoms with Crippen LogP contribution in [0.25, 0.3) is 0 Å². The predicted octanol–water partition coefficient (Wildman–Crippen LogP) is 1.50. The second-order valence-corrected chi connectivity index (χ2v) is 6.67. The van der Waals surface area contributed by atoms with Gasteiger partial charge in [0.2, 0.25) is 0 Å². The average Bonchev–Trinajstić information content (AvgIpc) is 3.05. The molecular weight excluding hydrogens is 262 g/mol. The lowest BCUT2D eigenvalue weighted by Crippen LogP contribution is -2.31. The third kappa shape index (κ3) is 2.17. The van der Waals surface area contributed by atoms with Crippen molar-refractivity contribution in [2.75, 3.05) is 13.1 Å². The van der Waals surface area contributed by atoms with Crippen LogP contribution < -0.4 is 0 Å². The van der Waals surface area contributed by atoms with Crippen LogP contribution in [0.4, 0.5) is 0 Å². The fourth-order valence-corrected chi connectivity index (χ4v) is 4.06. The van der Waals surface area contributed by atoms with Gasteiger partial charge in [-0.05, 0) is 36.2 Å². The smallest absolute Gasteiger partial charge is 0.267 e. The van der Waals surface area contributed by atoms with E-state index in [4.69, 9.17) is 0 Å². The van der Waals surface area contributed by atoms with Crippen molar-refractivity contribution in [1.82, 2.24) is 14.5 Å². The molecule has 3 rings (SSSR count). The van der Waals surface area contributed by atoms with Crippen molar-refractivity contribution in [2.24, 2.45) is 11.8 Å². The van der Waals surface area contributed by atoms with Crippen molar-refractivity contribution in [3.8, 4) is 0 Å². The summed E-state index contributed by atoms with van der Waals surface area (Å²) in [5.74, 6) is 1.00. The van der Waals surface area contributed by atoms with Gasteiger partial charge in [0.25, 0.3) is 5.91 Å². The van der Waals surface area contributed by atoms with Crippen LogP contribution in [0.2, 0.25) is 0 Å². The number of hydrogen-bond acceptors (Lipinski definition) is 5. The Hall–Kier alpha value is -1.01. The highest BCUT2D eigenvalue weighted by molar-refractivity contribution is 7.08. The summed E-state index contributed by atoms with van der Waals surface area (Å²) in [5.41, 5.74) is 0.799. The summed E-state index contributed by atoms with van der Waals surface area (Å²) in [5, 5.41) is 14.0. The van der Waals surface area contributed by atoms with Gasteiger partial charge < -0.3 is 10.0 Å². The van der Waals surface area contributed by atoms with Crippen molar-refractivity contribution in [2.45, 2.75) is 38.7 Å². The molecule has 3 unspecified atom stereocenters. The zero-order valence-electron chi connectivity index (χ0n) is 11.2. The fraction of sp³-hybridized carbons (Fsp3) is 0.769. The summed E-state index contributed by atoms with van der Waals surface area (Å²) >= 11 is 1.19. The molecule has 6 heteroatoms. The van der Waals surface area contributed by atoms with E-state index in [1.807, 2.05) is 18.7 Å². The Kier molecular flexibility index (Phi) is 3.30. The molecular formula is C13H19N3O2S. The maximum absolute atomic E-state index is 12.5. The molecule has 1 saturated carbocycles. The first-order valence-electron chi connectivity index (χ1n) is 6.87. The quantitative estimate of drug-likeness (QED) is 0.892. The Bertz CT molecular complexity index is 488. The van der Waals surface area contributed by atoms with Gasteiger partial charge in [-0.1, -0.05) is 18.3 Å². The Morgan fingerprint density at radius 1 is 1.42 bits per heavy atom. The number of carbonyl (C=O) groups is 1. The minimum absolute atomic E-state index is 0.0419. The maximum atomic E-state index is 12.5. The molecule has 1 aliphatic carbocycles. The predicted molar refractivity (Wildman–Crippen MR) is 72.1 cm³/mol. The van der Waals surface area contributed by atoms with Crippen LogP contribution in [-0.4, -0.2) is 44.7 Å². The van der Waals surface area contributed by atoms with E-state index in [1.165, 1.54) is 11.5 Å². The molecule has 0 spiro atoms. The number of hydrogen-bond donors (Lipinski definition) is 1. The van der Waals surface area contributed by atoms with Crippen molar-refractivity contribution >= 4 is 17.4 Å². The molecule has 0 bridgehead atoms. The van der Waals surface area contributed by atoms with Gasteiger partial charge in [0, 0.05) is 19.0 Å². The minimum Gasteiger partial charge on any atom is -0.393 e. The van der Waals surface area contributed by atoms with Crippen LogP contribution in [0, 0.1) is 11.8 Å². The van der Waals surface area contributed by atoms with Gasteiger partial charge in [-0.25, -0.2) is 0 Å². The maximum Gasteiger partial charge on any atom is 0.267 e. The van der Waals surface area contributed by atoms with Gasteiger partial charge in [-0.2, -0.15) is 0 Å². The second-order valence-electron chi connectivity index (χ2n) is 5.92. The van der Waals surface area contributed by atoms with E-state index in [1.54, 1.807) is 0 Å². The van der Waals surface area contributed by atoms with Crippen molar-refractivity contribution in [1.29, 1.82) is 0 Å². The molecule has 1 aliphatic heterocycles. The van der Waals surface area contributed by atoms with Crippen LogP contribution in [-0.2, 0) is 0 Å². The van der Waals surface area contributed by atoms with Gasteiger partial charge in [-0.15, -0.1) is 5.10 Å². The molecule has 1 saturated heterocycles. The van der Waals surface area contributed by atoms with E-state index < -0.39 is 0 Å². The summed E-state index contributed by atoms with van der Waals surface area (Å²) in [4.78, 5) is 15.1. The molecule has 3 atom stereocenters. The van der Waals surface area contributed by atoms with Crippen molar-refractivity contribution in [3.05, 3.63) is 10.6 Å². The molecule has 0 aromatic carbocycles. The summed E-state index contributed by atoms with van der Waals surface area (Å²) in [6.07, 6.45) is 1.69. The van der Waals surface area contributed by atoms with Crippen LogP contribution in [0.15, 0.2) is 0 Å². The molecule has 104 valence electrons. The topological polar surface area (TPSA) is 66.3 Å². The monoisotopic (exact) mass is 281 g/mol. The van der Waals surface area contributed by atoms with Crippen LogP contribution >= 0.6 is 11.5 Å². The van der Waals surface area contributed by atoms with Crippen LogP contribution in [0.3, 0.4) is 0 Å². The summed E-state index contributed by atoms with van der Waals surface area (Å²) in [6.45, 7) is 5.50. The van der Waals surface area contributed by atoms with Gasteiger partial charge in [0.1, 0.15) is 4.88 Å². The third-order valence-corrected chi connectivity index (χ3v) is 5.09. The molecule has 19 heavy (non-hydrogen) atoms. The zero-order chi connectivity index (χ0) is 13.6. The number of rotatable bonds is 2. The number of carbonyl (C=O) groups excluding carboxylic acids is 1. The molecule has 1 amide bonds. The first-order valence-corrected chi connectivity index (χ1v) is 7.65. The first kappa shape index (κ1) is 13.0. The standard InChI is InChI=1S/C13H19N3O2S/c1-7(2)11-12(19-15-14-11)13(18)16-5-8-3-4-10(17)9(8)6-16/h7-10,17H,3-6H2,1-2H3. The SMILES string of the molecule is CC(C)c1nnsc1C(=O)N1CC2CCC(O)C2C1. The second kappa shape index (κ2) is 4.83. The molecule has 2 fully saturated rings. The lowest BCUT2D eigenvalue weighted by molar-refractivity contribution is 0.0755. The number of aliphatic hydroxyl groups excluding tert-OH is 1. The van der Waals surface area contributed by atoms with E-state index in [0.717, 1.165) is 25.1 Å². The number of aromatic nitrogens is 2. The van der Waals surface area contributed by atoms with E-state index in [9.17, 15) is 9.90 Å². The average molecular weight is 281 g/mol. The molecule has 1 aromatic rings. The number of fused-ring (bicyclic) bond motifs is 1. The number of amides is 1. The molecule has 2 aliphatic rings. The Morgan fingerprint density at radius 2 is 2.21 bits per heavy atom. The van der Waals surface area contributed by atoms with E-state index in [0.29, 0.717) is 17.3 Å². The highest BCUT2D eigenvalue weighted by Gasteiger charge is 2.44. The first-order chi connectivity index (χ1) is 9.08. The molecule has 2 heterocycles. The fourth-order valence-electron chi connectivity index (χ4n) is 3.27. The highest BCUT2D eigenvalue weighted by atomic mass is 32.1. The highest BCUT2D eigenvalue weighted by Crippen LogP contribution is 2.39. The normalized spacial score (nSPS) is 30.1. The van der Waals surface area contributed by atoms with Crippen molar-refractivity contribution in [3.63, 3.8) is 0 Å². The van der Waals surface area contributed by atoms with Gasteiger partial charge in [0.05, 0.1) is 11.8 Å². The lowest BCUT2D eigenvalue weighted by atomic mass is 10.00. The molecule has 0 radical (unpaired) electrons. The minimum atomic E-state index is -0.230. The molecule has 5 nitrogen and oxygen atoms in total. The van der Waals surface area contributed by atoms with Gasteiger partial charge in [-0.3, -0.25) is 4.79 Å². The van der Waals surface area contributed by atoms with Crippen molar-refractivity contribution < 1.29 is 9.90 Å². The summed E-state index contributed by atoms with van der Waals surface area (Å²) in [6, 6.07) is 0. The lowest BCUT2D eigenvalue weighted by Gasteiger charge is -2.18. The zero-order valence-corrected chi connectivity index (χ0v) is 12.1. The third-order valence-electron chi connectivity index (χ3n) is 4.36.